The van der Waals surface area contributed by atoms with Crippen LogP contribution in [0, 0.1) is 12.3 Å². The van der Waals surface area contributed by atoms with Crippen LogP contribution >= 0.6 is 0 Å². The topological polar surface area (TPSA) is 89.5 Å². The molecule has 3 aromatic carbocycles. The highest BCUT2D eigenvalue weighted by molar-refractivity contribution is 7.89. The maximum Gasteiger partial charge on any atom is 0.308 e. The first-order chi connectivity index (χ1) is 16.1. The van der Waals surface area contributed by atoms with E-state index in [1.54, 1.807) is 36.4 Å². The molecular formula is C27H27NO5S. The third-order valence-electron chi connectivity index (χ3n) is 7.38. The second kappa shape index (κ2) is 8.03. The number of nitrogens with one attached hydrogen (secondary N) is 1. The smallest absolute Gasteiger partial charge is 0.308 e. The Balaban J connectivity index is 1.65. The molecule has 0 aliphatic heterocycles. The van der Waals surface area contributed by atoms with Crippen LogP contribution in [0.15, 0.2) is 59.5 Å². The minimum absolute atomic E-state index is 0.0488. The Morgan fingerprint density at radius 3 is 2.53 bits per heavy atom. The van der Waals surface area contributed by atoms with Crippen LogP contribution in [0.5, 0.6) is 5.75 Å². The van der Waals surface area contributed by atoms with E-state index in [1.165, 1.54) is 6.92 Å². The molecule has 176 valence electrons. The van der Waals surface area contributed by atoms with Gasteiger partial charge in [-0.05, 0) is 71.8 Å². The highest BCUT2D eigenvalue weighted by atomic mass is 32.2. The molecule has 2 aliphatic rings. The lowest BCUT2D eigenvalue weighted by atomic mass is 9.64. The zero-order valence-electron chi connectivity index (χ0n) is 19.4. The van der Waals surface area contributed by atoms with Crippen molar-refractivity contribution >= 4 is 32.5 Å². The molecule has 0 saturated heterocycles. The van der Waals surface area contributed by atoms with Gasteiger partial charge in [0.2, 0.25) is 10.0 Å². The van der Waals surface area contributed by atoms with E-state index in [9.17, 15) is 18.0 Å². The molecule has 0 heterocycles. The minimum atomic E-state index is -3.82. The number of sulfonamides is 1. The first-order valence-electron chi connectivity index (χ1n) is 11.5. The number of carbonyl (C=O) groups excluding carboxylic acids is 2. The predicted molar refractivity (Wildman–Crippen MR) is 129 cm³/mol. The van der Waals surface area contributed by atoms with Gasteiger partial charge in [-0.2, -0.15) is 0 Å². The van der Waals surface area contributed by atoms with E-state index >= 15 is 0 Å². The number of ether oxygens (including phenoxy) is 1. The van der Waals surface area contributed by atoms with Crippen molar-refractivity contribution in [1.82, 2.24) is 4.72 Å². The molecule has 1 saturated carbocycles. The summed E-state index contributed by atoms with van der Waals surface area (Å²) < 4.78 is 34.9. The van der Waals surface area contributed by atoms with Crippen LogP contribution in [0.1, 0.15) is 61.8 Å². The van der Waals surface area contributed by atoms with Crippen molar-refractivity contribution in [3.8, 4) is 5.75 Å². The lowest BCUT2D eigenvalue weighted by Crippen LogP contribution is -2.41. The van der Waals surface area contributed by atoms with Crippen molar-refractivity contribution in [2.45, 2.75) is 56.9 Å². The number of hydrogen-bond donors (Lipinski definition) is 1. The Kier molecular flexibility index (Phi) is 5.37. The second-order valence-corrected chi connectivity index (χ2v) is 11.4. The molecule has 0 bridgehead atoms. The Morgan fingerprint density at radius 1 is 1.09 bits per heavy atom. The SMILES string of the molecule is CC(=O)Oc1ccc2c3c(ccc2c1)[C@@H]1CCC(=O)[C@@]1(C)C[C@@H]3NS(=O)(=O)c1ccc(C)cc1. The van der Waals surface area contributed by atoms with Crippen molar-refractivity contribution in [2.24, 2.45) is 5.41 Å². The number of benzene rings is 3. The zero-order valence-corrected chi connectivity index (χ0v) is 20.2. The van der Waals surface area contributed by atoms with Crippen molar-refractivity contribution in [1.29, 1.82) is 0 Å². The number of carbonyl (C=O) groups is 2. The summed E-state index contributed by atoms with van der Waals surface area (Å²) in [6.45, 7) is 5.23. The third-order valence-corrected chi connectivity index (χ3v) is 8.86. The van der Waals surface area contributed by atoms with Gasteiger partial charge in [-0.15, -0.1) is 0 Å². The van der Waals surface area contributed by atoms with E-state index in [0.29, 0.717) is 18.6 Å². The van der Waals surface area contributed by atoms with Gasteiger partial charge in [-0.3, -0.25) is 9.59 Å². The van der Waals surface area contributed by atoms with Crippen molar-refractivity contribution < 1.29 is 22.7 Å². The Morgan fingerprint density at radius 2 is 1.82 bits per heavy atom. The van der Waals surface area contributed by atoms with Gasteiger partial charge in [0.25, 0.3) is 0 Å². The highest BCUT2D eigenvalue weighted by Crippen LogP contribution is 2.57. The number of hydrogen-bond acceptors (Lipinski definition) is 5. The first kappa shape index (κ1) is 22.7. The number of aryl methyl sites for hydroxylation is 1. The molecular weight excluding hydrogens is 450 g/mol. The standard InChI is InChI=1S/C27H27NO5S/c1-16-4-8-20(9-5-16)34(31,32)28-24-15-27(3)23(12-13-25(27)30)22-10-6-18-14-19(33-17(2)29)7-11-21(18)26(22)24/h4-11,14,23-24,28H,12-13,15H2,1-3H3/t23-,24-,27-/m0/s1. The molecule has 7 heteroatoms. The van der Waals surface area contributed by atoms with Gasteiger partial charge >= 0.3 is 5.97 Å². The molecule has 0 spiro atoms. The summed E-state index contributed by atoms with van der Waals surface area (Å²) in [7, 11) is -3.82. The number of rotatable bonds is 4. The van der Waals surface area contributed by atoms with Gasteiger partial charge in [0, 0.05) is 24.8 Å². The largest absolute Gasteiger partial charge is 0.427 e. The summed E-state index contributed by atoms with van der Waals surface area (Å²) in [5, 5.41) is 1.75. The maximum absolute atomic E-state index is 13.4. The average molecular weight is 478 g/mol. The summed E-state index contributed by atoms with van der Waals surface area (Å²) in [6, 6.07) is 15.5. The number of ketones is 1. The van der Waals surface area contributed by atoms with E-state index in [0.717, 1.165) is 33.9 Å². The van der Waals surface area contributed by atoms with E-state index < -0.39 is 27.4 Å². The molecule has 3 atom stereocenters. The van der Waals surface area contributed by atoms with E-state index in [-0.39, 0.29) is 16.6 Å². The Labute approximate surface area is 199 Å². The van der Waals surface area contributed by atoms with Crippen LogP contribution in [0.4, 0.5) is 0 Å². The predicted octanol–water partition coefficient (Wildman–Crippen LogP) is 4.95. The van der Waals surface area contributed by atoms with Gasteiger partial charge in [-0.25, -0.2) is 13.1 Å². The van der Waals surface area contributed by atoms with Crippen LogP contribution in [-0.2, 0) is 19.6 Å². The second-order valence-electron chi connectivity index (χ2n) is 9.67. The molecule has 5 rings (SSSR count). The van der Waals surface area contributed by atoms with E-state index in [2.05, 4.69) is 4.72 Å². The summed E-state index contributed by atoms with van der Waals surface area (Å²) in [5.74, 6) is 0.273. The highest BCUT2D eigenvalue weighted by Gasteiger charge is 2.52. The van der Waals surface area contributed by atoms with E-state index in [4.69, 9.17) is 4.74 Å². The van der Waals surface area contributed by atoms with Gasteiger partial charge in [0.05, 0.1) is 4.90 Å². The molecule has 1 fully saturated rings. The molecule has 0 aromatic heterocycles. The number of esters is 1. The van der Waals surface area contributed by atoms with Crippen LogP contribution in [-0.4, -0.2) is 20.2 Å². The first-order valence-corrected chi connectivity index (χ1v) is 12.9. The minimum Gasteiger partial charge on any atom is -0.427 e. The normalized spacial score (nSPS) is 24.0. The van der Waals surface area contributed by atoms with E-state index in [1.807, 2.05) is 32.0 Å². The number of fused-ring (bicyclic) bond motifs is 5. The Bertz CT molecular complexity index is 1430. The van der Waals surface area contributed by atoms with Crippen molar-refractivity contribution in [3.05, 3.63) is 71.3 Å². The quantitative estimate of drug-likeness (QED) is 0.424. The summed E-state index contributed by atoms with van der Waals surface area (Å²) in [5.41, 5.74) is 2.28. The third kappa shape index (κ3) is 3.73. The van der Waals surface area contributed by atoms with Crippen LogP contribution < -0.4 is 9.46 Å². The molecule has 6 nitrogen and oxygen atoms in total. The average Bonchev–Trinajstić information content (AvgIpc) is 3.07. The van der Waals surface area contributed by atoms with Crippen molar-refractivity contribution in [3.63, 3.8) is 0 Å². The fraction of sp³-hybridized carbons (Fsp3) is 0.333. The fourth-order valence-corrected chi connectivity index (χ4v) is 6.91. The summed E-state index contributed by atoms with van der Waals surface area (Å²) in [6.07, 6.45) is 1.66. The van der Waals surface area contributed by atoms with Crippen molar-refractivity contribution in [2.75, 3.05) is 0 Å². The molecule has 1 N–H and O–H groups in total. The van der Waals surface area contributed by atoms with Crippen LogP contribution in [0.3, 0.4) is 0 Å². The fourth-order valence-electron chi connectivity index (χ4n) is 5.70. The molecule has 3 aromatic rings. The van der Waals surface area contributed by atoms with Crippen LogP contribution in [0.2, 0.25) is 0 Å². The molecule has 2 aliphatic carbocycles. The van der Waals surface area contributed by atoms with Crippen LogP contribution in [0.25, 0.3) is 10.8 Å². The van der Waals surface area contributed by atoms with Gasteiger partial charge in [-0.1, -0.05) is 42.8 Å². The molecule has 0 amide bonds. The van der Waals surface area contributed by atoms with Gasteiger partial charge in [0.1, 0.15) is 11.5 Å². The Hall–Kier alpha value is -3.03. The molecule has 0 radical (unpaired) electrons. The molecule has 34 heavy (non-hydrogen) atoms. The molecule has 0 unspecified atom stereocenters. The zero-order chi connectivity index (χ0) is 24.3. The monoisotopic (exact) mass is 477 g/mol. The lowest BCUT2D eigenvalue weighted by molar-refractivity contribution is -0.132. The maximum atomic E-state index is 13.4. The summed E-state index contributed by atoms with van der Waals surface area (Å²) in [4.78, 5) is 24.5. The van der Waals surface area contributed by atoms with Gasteiger partial charge in [0.15, 0.2) is 0 Å². The van der Waals surface area contributed by atoms with Gasteiger partial charge < -0.3 is 4.74 Å². The lowest BCUT2D eigenvalue weighted by Gasteiger charge is -2.41. The number of Topliss-reactive ketones (excluding diaryl/α,β-unsaturated/α-hetero) is 1. The summed E-state index contributed by atoms with van der Waals surface area (Å²) >= 11 is 0.